The van der Waals surface area contributed by atoms with E-state index in [-0.39, 0.29) is 4.91 Å². The maximum Gasteiger partial charge on any atom is 0.233 e. The highest BCUT2D eigenvalue weighted by Gasteiger charge is 2.04. The second-order valence-electron chi connectivity index (χ2n) is 2.85. The van der Waals surface area contributed by atoms with Crippen LogP contribution in [0.4, 0.5) is 0 Å². The van der Waals surface area contributed by atoms with Gasteiger partial charge in [0.2, 0.25) is 10.0 Å². The molecule has 0 saturated carbocycles. The van der Waals surface area contributed by atoms with E-state index in [0.717, 1.165) is 5.56 Å². The van der Waals surface area contributed by atoms with Crippen molar-refractivity contribution in [3.8, 4) is 0 Å². The summed E-state index contributed by atoms with van der Waals surface area (Å²) in [5, 5.41) is 5.54. The first-order valence-corrected chi connectivity index (χ1v) is 5.79. The molecule has 76 valence electrons. The molecule has 0 heterocycles. The standard InChI is InChI=1S/C9H10ClNO2S/c1-7(14(11,12)13)6-8-2-4-9(10)5-3-8/h2-6H,1H3,(H2,11,12,13)/b7-6+. The normalized spacial score (nSPS) is 12.9. The Balaban J connectivity index is 3.05. The lowest BCUT2D eigenvalue weighted by atomic mass is 10.2. The first kappa shape index (κ1) is 11.2. The van der Waals surface area contributed by atoms with Crippen LogP contribution in [0.5, 0.6) is 0 Å². The van der Waals surface area contributed by atoms with E-state index in [1.54, 1.807) is 24.3 Å². The Morgan fingerprint density at radius 1 is 1.36 bits per heavy atom. The van der Waals surface area contributed by atoms with Gasteiger partial charge in [0.25, 0.3) is 0 Å². The quantitative estimate of drug-likeness (QED) is 0.846. The zero-order valence-corrected chi connectivity index (χ0v) is 9.14. The van der Waals surface area contributed by atoms with Crippen molar-refractivity contribution >= 4 is 27.7 Å². The maximum absolute atomic E-state index is 10.9. The third-order valence-electron chi connectivity index (χ3n) is 1.69. The maximum atomic E-state index is 10.9. The molecule has 1 aromatic rings. The largest absolute Gasteiger partial charge is 0.233 e. The van der Waals surface area contributed by atoms with Crippen molar-refractivity contribution in [2.24, 2.45) is 5.14 Å². The molecule has 0 atom stereocenters. The lowest BCUT2D eigenvalue weighted by Gasteiger charge is -1.98. The second-order valence-corrected chi connectivity index (χ2v) is 5.02. The van der Waals surface area contributed by atoms with Crippen molar-refractivity contribution in [1.82, 2.24) is 0 Å². The number of halogens is 1. The minimum Gasteiger partial charge on any atom is -0.225 e. The number of benzene rings is 1. The van der Waals surface area contributed by atoms with E-state index < -0.39 is 10.0 Å². The Morgan fingerprint density at radius 3 is 2.29 bits per heavy atom. The summed E-state index contributed by atoms with van der Waals surface area (Å²) in [5.74, 6) is 0. The average Bonchev–Trinajstić information content (AvgIpc) is 2.07. The minimum absolute atomic E-state index is 0.125. The van der Waals surface area contributed by atoms with Crippen LogP contribution in [0, 0.1) is 0 Å². The van der Waals surface area contributed by atoms with E-state index in [2.05, 4.69) is 0 Å². The van der Waals surface area contributed by atoms with Gasteiger partial charge >= 0.3 is 0 Å². The Morgan fingerprint density at radius 2 is 1.86 bits per heavy atom. The molecule has 0 aliphatic carbocycles. The molecule has 2 N–H and O–H groups in total. The number of sulfonamides is 1. The van der Waals surface area contributed by atoms with E-state index in [1.165, 1.54) is 13.0 Å². The van der Waals surface area contributed by atoms with Gasteiger partial charge in [-0.2, -0.15) is 0 Å². The molecule has 0 unspecified atom stereocenters. The molecular weight excluding hydrogens is 222 g/mol. The first-order chi connectivity index (χ1) is 6.39. The lowest BCUT2D eigenvalue weighted by molar-refractivity contribution is 0.604. The van der Waals surface area contributed by atoms with Gasteiger partial charge in [0.1, 0.15) is 0 Å². The summed E-state index contributed by atoms with van der Waals surface area (Å²) >= 11 is 5.67. The summed E-state index contributed by atoms with van der Waals surface area (Å²) in [6.45, 7) is 1.45. The monoisotopic (exact) mass is 231 g/mol. The molecule has 0 aliphatic rings. The number of allylic oxidation sites excluding steroid dienone is 1. The van der Waals surface area contributed by atoms with Crippen LogP contribution in [0.3, 0.4) is 0 Å². The number of nitrogens with two attached hydrogens (primary N) is 1. The van der Waals surface area contributed by atoms with Gasteiger partial charge in [-0.1, -0.05) is 23.7 Å². The van der Waals surface area contributed by atoms with E-state index in [0.29, 0.717) is 5.02 Å². The van der Waals surface area contributed by atoms with Gasteiger partial charge < -0.3 is 0 Å². The molecule has 0 fully saturated rings. The Bertz CT molecular complexity index is 448. The van der Waals surface area contributed by atoms with Crippen molar-refractivity contribution in [2.45, 2.75) is 6.92 Å². The molecule has 5 heteroatoms. The molecule has 1 aromatic carbocycles. The third-order valence-corrected chi connectivity index (χ3v) is 2.96. The van der Waals surface area contributed by atoms with Gasteiger partial charge in [-0.3, -0.25) is 0 Å². The van der Waals surface area contributed by atoms with E-state index in [4.69, 9.17) is 16.7 Å². The lowest BCUT2D eigenvalue weighted by Crippen LogP contribution is -2.12. The molecule has 0 spiro atoms. The molecule has 0 bridgehead atoms. The van der Waals surface area contributed by atoms with E-state index >= 15 is 0 Å². The Hall–Kier alpha value is -0.840. The molecular formula is C9H10ClNO2S. The highest BCUT2D eigenvalue weighted by molar-refractivity contribution is 7.93. The molecule has 3 nitrogen and oxygen atoms in total. The van der Waals surface area contributed by atoms with Crippen LogP contribution < -0.4 is 5.14 Å². The van der Waals surface area contributed by atoms with Gasteiger partial charge in [0.05, 0.1) is 4.91 Å². The van der Waals surface area contributed by atoms with Crippen LogP contribution in [-0.4, -0.2) is 8.42 Å². The first-order valence-electron chi connectivity index (χ1n) is 3.86. The fraction of sp³-hybridized carbons (Fsp3) is 0.111. The Kier molecular flexibility index (Phi) is 3.31. The van der Waals surface area contributed by atoms with Crippen molar-refractivity contribution in [1.29, 1.82) is 0 Å². The summed E-state index contributed by atoms with van der Waals surface area (Å²) in [4.78, 5) is 0.125. The third kappa shape index (κ3) is 3.14. The van der Waals surface area contributed by atoms with Crippen LogP contribution >= 0.6 is 11.6 Å². The molecule has 0 saturated heterocycles. The number of primary sulfonamides is 1. The van der Waals surface area contributed by atoms with Gasteiger partial charge in [-0.15, -0.1) is 0 Å². The number of hydrogen-bond acceptors (Lipinski definition) is 2. The van der Waals surface area contributed by atoms with Crippen molar-refractivity contribution in [3.05, 3.63) is 39.8 Å². The fourth-order valence-corrected chi connectivity index (χ4v) is 1.30. The van der Waals surface area contributed by atoms with Gasteiger partial charge in [0.15, 0.2) is 0 Å². The molecule has 0 amide bonds. The molecule has 14 heavy (non-hydrogen) atoms. The van der Waals surface area contributed by atoms with Crippen LogP contribution in [-0.2, 0) is 10.0 Å². The van der Waals surface area contributed by atoms with Gasteiger partial charge in [0, 0.05) is 5.02 Å². The Labute approximate surface area is 88.2 Å². The van der Waals surface area contributed by atoms with Gasteiger partial charge in [-0.25, -0.2) is 13.6 Å². The molecule has 0 aromatic heterocycles. The summed E-state index contributed by atoms with van der Waals surface area (Å²) < 4.78 is 21.8. The molecule has 0 aliphatic heterocycles. The summed E-state index contributed by atoms with van der Waals surface area (Å²) in [7, 11) is -3.58. The molecule has 0 radical (unpaired) electrons. The fourth-order valence-electron chi connectivity index (χ4n) is 0.876. The van der Waals surface area contributed by atoms with Crippen molar-refractivity contribution in [2.75, 3.05) is 0 Å². The van der Waals surface area contributed by atoms with E-state index in [1.807, 2.05) is 0 Å². The summed E-state index contributed by atoms with van der Waals surface area (Å²) in [6.07, 6.45) is 1.49. The summed E-state index contributed by atoms with van der Waals surface area (Å²) in [6, 6.07) is 6.81. The predicted octanol–water partition coefficient (Wildman–Crippen LogP) is 1.99. The highest BCUT2D eigenvalue weighted by Crippen LogP contribution is 2.13. The topological polar surface area (TPSA) is 60.2 Å². The molecule has 1 rings (SSSR count). The highest BCUT2D eigenvalue weighted by atomic mass is 35.5. The van der Waals surface area contributed by atoms with Crippen LogP contribution in [0.1, 0.15) is 12.5 Å². The van der Waals surface area contributed by atoms with Crippen molar-refractivity contribution < 1.29 is 8.42 Å². The zero-order valence-electron chi connectivity index (χ0n) is 7.57. The SMILES string of the molecule is C/C(=C\c1ccc(Cl)cc1)S(N)(=O)=O. The predicted molar refractivity (Wildman–Crippen MR) is 58.2 cm³/mol. The van der Waals surface area contributed by atoms with Crippen LogP contribution in [0.15, 0.2) is 29.2 Å². The average molecular weight is 232 g/mol. The minimum atomic E-state index is -3.58. The number of rotatable bonds is 2. The van der Waals surface area contributed by atoms with Crippen LogP contribution in [0.2, 0.25) is 5.02 Å². The van der Waals surface area contributed by atoms with Gasteiger partial charge in [-0.05, 0) is 30.7 Å². The van der Waals surface area contributed by atoms with Crippen LogP contribution in [0.25, 0.3) is 6.08 Å². The summed E-state index contributed by atoms with van der Waals surface area (Å²) in [5.41, 5.74) is 0.751. The second kappa shape index (κ2) is 4.13. The number of hydrogen-bond donors (Lipinski definition) is 1. The van der Waals surface area contributed by atoms with Crippen molar-refractivity contribution in [3.63, 3.8) is 0 Å². The smallest absolute Gasteiger partial charge is 0.225 e. The van der Waals surface area contributed by atoms with E-state index in [9.17, 15) is 8.42 Å². The zero-order chi connectivity index (χ0) is 10.8.